The molecule has 0 spiro atoms. The van der Waals surface area contributed by atoms with Gasteiger partial charge in [0.1, 0.15) is 9.84 Å². The number of rotatable bonds is 5. The molecule has 2 rings (SSSR count). The largest absolute Gasteiger partial charge is 0.354 e. The van der Waals surface area contributed by atoms with Crippen molar-refractivity contribution in [2.75, 3.05) is 25.1 Å². The van der Waals surface area contributed by atoms with E-state index in [0.717, 1.165) is 19.5 Å². The molecule has 0 aliphatic carbocycles. The first-order valence-corrected chi connectivity index (χ1v) is 9.19. The van der Waals surface area contributed by atoms with Gasteiger partial charge in [-0.25, -0.2) is 8.42 Å². The van der Waals surface area contributed by atoms with Crippen LogP contribution in [0.25, 0.3) is 0 Å². The Morgan fingerprint density at radius 1 is 1.33 bits per heavy atom. The van der Waals surface area contributed by atoms with E-state index in [4.69, 9.17) is 0 Å². The van der Waals surface area contributed by atoms with Gasteiger partial charge in [-0.15, -0.1) is 0 Å². The van der Waals surface area contributed by atoms with Gasteiger partial charge in [-0.05, 0) is 24.5 Å². The van der Waals surface area contributed by atoms with Crippen LogP contribution >= 0.6 is 0 Å². The van der Waals surface area contributed by atoms with Crippen LogP contribution in [-0.2, 0) is 27.6 Å². The van der Waals surface area contributed by atoms with Crippen LogP contribution in [0.2, 0.25) is 0 Å². The van der Waals surface area contributed by atoms with Crippen LogP contribution in [0, 0.1) is 0 Å². The molecule has 1 amide bonds. The highest BCUT2D eigenvalue weighted by atomic mass is 32.2. The lowest BCUT2D eigenvalue weighted by molar-refractivity contribution is -0.126. The van der Waals surface area contributed by atoms with E-state index in [0.29, 0.717) is 0 Å². The third-order valence-corrected chi connectivity index (χ3v) is 4.81. The van der Waals surface area contributed by atoms with Gasteiger partial charge in [-0.3, -0.25) is 9.69 Å². The maximum Gasteiger partial charge on any atom is 0.237 e. The molecular formula is C15H22N2O3S. The molecule has 6 heteroatoms. The van der Waals surface area contributed by atoms with Crippen LogP contribution in [0.1, 0.15) is 18.1 Å². The second kappa shape index (κ2) is 6.58. The smallest absolute Gasteiger partial charge is 0.237 e. The third kappa shape index (κ3) is 4.54. The first-order chi connectivity index (χ1) is 9.87. The van der Waals surface area contributed by atoms with E-state index in [1.54, 1.807) is 0 Å². The average molecular weight is 310 g/mol. The normalized spacial score (nSPS) is 17.0. The average Bonchev–Trinajstić information content (AvgIpc) is 2.44. The number of nitrogens with one attached hydrogen (secondary N) is 1. The van der Waals surface area contributed by atoms with Crippen molar-refractivity contribution in [3.05, 3.63) is 35.4 Å². The molecule has 1 aromatic carbocycles. The fourth-order valence-corrected chi connectivity index (χ4v) is 2.99. The summed E-state index contributed by atoms with van der Waals surface area (Å²) in [5.41, 5.74) is 2.61. The molecule has 0 saturated carbocycles. The predicted octanol–water partition coefficient (Wildman–Crippen LogP) is 0.594. The molecule has 1 aliphatic rings. The topological polar surface area (TPSA) is 66.5 Å². The number of hydrogen-bond donors (Lipinski definition) is 1. The van der Waals surface area contributed by atoms with E-state index in [-0.39, 0.29) is 24.2 Å². The zero-order valence-corrected chi connectivity index (χ0v) is 13.3. The molecule has 1 N–H and O–H groups in total. The number of carbonyl (C=O) groups excluding carboxylic acids is 1. The standard InChI is InChI=1S/C15H22N2O3S/c1-12(15(18)16-8-10-21(2,19)20)17-9-7-13-5-3-4-6-14(13)11-17/h3-6,12H,7-11H2,1-2H3,(H,16,18). The van der Waals surface area contributed by atoms with Crippen LogP contribution in [0.4, 0.5) is 0 Å². The Labute approximate surface area is 126 Å². The number of hydrogen-bond acceptors (Lipinski definition) is 4. The molecule has 0 aromatic heterocycles. The summed E-state index contributed by atoms with van der Waals surface area (Å²) in [7, 11) is -3.04. The fraction of sp³-hybridized carbons (Fsp3) is 0.533. The van der Waals surface area contributed by atoms with Crippen molar-refractivity contribution in [3.8, 4) is 0 Å². The van der Waals surface area contributed by atoms with Gasteiger partial charge in [-0.2, -0.15) is 0 Å². The molecule has 1 atom stereocenters. The first-order valence-electron chi connectivity index (χ1n) is 7.13. The van der Waals surface area contributed by atoms with Gasteiger partial charge in [0, 0.05) is 25.9 Å². The molecule has 1 unspecified atom stereocenters. The maximum absolute atomic E-state index is 12.1. The molecule has 0 saturated heterocycles. The Morgan fingerprint density at radius 3 is 2.67 bits per heavy atom. The van der Waals surface area contributed by atoms with E-state index in [2.05, 4.69) is 22.3 Å². The number of benzene rings is 1. The summed E-state index contributed by atoms with van der Waals surface area (Å²) in [6.07, 6.45) is 2.11. The van der Waals surface area contributed by atoms with E-state index in [1.165, 1.54) is 17.4 Å². The minimum atomic E-state index is -3.04. The molecule has 0 fully saturated rings. The van der Waals surface area contributed by atoms with Gasteiger partial charge < -0.3 is 5.32 Å². The van der Waals surface area contributed by atoms with Gasteiger partial charge in [0.05, 0.1) is 11.8 Å². The van der Waals surface area contributed by atoms with Gasteiger partial charge in [0.25, 0.3) is 0 Å². The van der Waals surface area contributed by atoms with Crippen LogP contribution in [-0.4, -0.2) is 50.4 Å². The second-order valence-corrected chi connectivity index (χ2v) is 7.85. The maximum atomic E-state index is 12.1. The molecule has 0 radical (unpaired) electrons. The number of fused-ring (bicyclic) bond motifs is 1. The number of carbonyl (C=O) groups is 1. The predicted molar refractivity (Wildman–Crippen MR) is 82.7 cm³/mol. The molecule has 1 heterocycles. The van der Waals surface area contributed by atoms with E-state index < -0.39 is 9.84 Å². The van der Waals surface area contributed by atoms with Gasteiger partial charge in [-0.1, -0.05) is 24.3 Å². The Bertz CT molecular complexity index is 613. The van der Waals surface area contributed by atoms with E-state index >= 15 is 0 Å². The van der Waals surface area contributed by atoms with Crippen LogP contribution < -0.4 is 5.32 Å². The van der Waals surface area contributed by atoms with E-state index in [9.17, 15) is 13.2 Å². The van der Waals surface area contributed by atoms with Crippen molar-refractivity contribution in [3.63, 3.8) is 0 Å². The fourth-order valence-electron chi connectivity index (χ4n) is 2.52. The zero-order chi connectivity index (χ0) is 15.5. The minimum absolute atomic E-state index is 0.0196. The monoisotopic (exact) mass is 310 g/mol. The Kier molecular flexibility index (Phi) is 5.00. The van der Waals surface area contributed by atoms with Gasteiger partial charge in [0.2, 0.25) is 5.91 Å². The molecular weight excluding hydrogens is 288 g/mol. The second-order valence-electron chi connectivity index (χ2n) is 5.59. The summed E-state index contributed by atoms with van der Waals surface area (Å²) < 4.78 is 22.1. The summed E-state index contributed by atoms with van der Waals surface area (Å²) in [5.74, 6) is -0.132. The lowest BCUT2D eigenvalue weighted by atomic mass is 9.99. The quantitative estimate of drug-likeness (QED) is 0.864. The van der Waals surface area contributed by atoms with Crippen molar-refractivity contribution in [1.29, 1.82) is 0 Å². The van der Waals surface area contributed by atoms with Crippen LogP contribution in [0.15, 0.2) is 24.3 Å². The summed E-state index contributed by atoms with van der Waals surface area (Å²) in [5, 5.41) is 2.70. The molecule has 0 bridgehead atoms. The highest BCUT2D eigenvalue weighted by Gasteiger charge is 2.24. The first kappa shape index (κ1) is 16.0. The van der Waals surface area contributed by atoms with Crippen molar-refractivity contribution >= 4 is 15.7 Å². The Hall–Kier alpha value is -1.40. The SMILES string of the molecule is CC(C(=O)NCCS(C)(=O)=O)N1CCc2ccccc2C1. The van der Waals surface area contributed by atoms with E-state index in [1.807, 2.05) is 19.1 Å². The molecule has 116 valence electrons. The summed E-state index contributed by atoms with van der Waals surface area (Å²) in [4.78, 5) is 14.2. The van der Waals surface area contributed by atoms with Crippen LogP contribution in [0.5, 0.6) is 0 Å². The Morgan fingerprint density at radius 2 is 2.00 bits per heavy atom. The summed E-state index contributed by atoms with van der Waals surface area (Å²) in [6.45, 7) is 3.64. The third-order valence-electron chi connectivity index (χ3n) is 3.86. The zero-order valence-electron chi connectivity index (χ0n) is 12.5. The van der Waals surface area contributed by atoms with Gasteiger partial charge >= 0.3 is 0 Å². The van der Waals surface area contributed by atoms with Crippen molar-refractivity contribution in [2.45, 2.75) is 25.9 Å². The van der Waals surface area contributed by atoms with Crippen molar-refractivity contribution < 1.29 is 13.2 Å². The number of amides is 1. The molecule has 1 aromatic rings. The molecule has 21 heavy (non-hydrogen) atoms. The highest BCUT2D eigenvalue weighted by Crippen LogP contribution is 2.20. The van der Waals surface area contributed by atoms with Crippen LogP contribution in [0.3, 0.4) is 0 Å². The molecule has 5 nitrogen and oxygen atoms in total. The Balaban J connectivity index is 1.89. The number of sulfone groups is 1. The number of nitrogens with zero attached hydrogens (tertiary/aromatic N) is 1. The van der Waals surface area contributed by atoms with Gasteiger partial charge in [0.15, 0.2) is 0 Å². The highest BCUT2D eigenvalue weighted by molar-refractivity contribution is 7.90. The van der Waals surface area contributed by atoms with Crippen molar-refractivity contribution in [1.82, 2.24) is 10.2 Å². The lowest BCUT2D eigenvalue weighted by Crippen LogP contribution is -2.47. The van der Waals surface area contributed by atoms with Crippen molar-refractivity contribution in [2.24, 2.45) is 0 Å². The summed E-state index contributed by atoms with van der Waals surface area (Å²) in [6, 6.07) is 8.02. The minimum Gasteiger partial charge on any atom is -0.354 e. The lowest BCUT2D eigenvalue weighted by Gasteiger charge is -2.32. The summed E-state index contributed by atoms with van der Waals surface area (Å²) >= 11 is 0. The molecule has 1 aliphatic heterocycles.